The van der Waals surface area contributed by atoms with Crippen molar-refractivity contribution in [2.75, 3.05) is 18.6 Å². The van der Waals surface area contributed by atoms with Crippen LogP contribution in [0.2, 0.25) is 0 Å². The summed E-state index contributed by atoms with van der Waals surface area (Å²) in [6, 6.07) is 21.3. The highest BCUT2D eigenvalue weighted by atomic mass is 32.2. The van der Waals surface area contributed by atoms with Crippen LogP contribution in [0.4, 0.5) is 5.13 Å². The fourth-order valence-electron chi connectivity index (χ4n) is 4.75. The van der Waals surface area contributed by atoms with Gasteiger partial charge in [-0.3, -0.25) is 14.5 Å². The maximum atomic E-state index is 13.6. The third-order valence-corrected chi connectivity index (χ3v) is 9.21. The molecule has 8 nitrogen and oxygen atoms in total. The minimum absolute atomic E-state index is 0.0256. The lowest BCUT2D eigenvalue weighted by atomic mass is 9.95. The van der Waals surface area contributed by atoms with E-state index in [1.807, 2.05) is 31.2 Å². The zero-order valence-electron chi connectivity index (χ0n) is 24.3. The molecule has 1 amide bonds. The fraction of sp³-hybridized carbons (Fsp3) is 0.273. The van der Waals surface area contributed by atoms with Gasteiger partial charge < -0.3 is 14.6 Å². The second-order valence-corrected chi connectivity index (χ2v) is 12.3. The molecule has 3 aromatic carbocycles. The summed E-state index contributed by atoms with van der Waals surface area (Å²) in [5.41, 5.74) is 3.31. The average Bonchev–Trinajstić information content (AvgIpc) is 3.60. The SMILES string of the molecule is CCCCCOc1cccc(C2C(=C(O)c3ccc(OC)cc3)C(=O)C(=O)N2c2nnc(SCc3ccc(C)cc3)s2)c1. The molecule has 1 saturated heterocycles. The van der Waals surface area contributed by atoms with E-state index in [1.54, 1.807) is 31.4 Å². The summed E-state index contributed by atoms with van der Waals surface area (Å²) >= 11 is 2.75. The highest BCUT2D eigenvalue weighted by Crippen LogP contribution is 2.44. The van der Waals surface area contributed by atoms with Crippen molar-refractivity contribution >= 4 is 45.7 Å². The van der Waals surface area contributed by atoms with Gasteiger partial charge in [-0.25, -0.2) is 0 Å². The third-order valence-electron chi connectivity index (χ3n) is 7.08. The number of nitrogens with zero attached hydrogens (tertiary/aromatic N) is 3. The highest BCUT2D eigenvalue weighted by molar-refractivity contribution is 8.00. The number of aliphatic hydroxyl groups excluding tert-OH is 1. The van der Waals surface area contributed by atoms with Gasteiger partial charge in [-0.2, -0.15) is 0 Å². The molecule has 0 aliphatic carbocycles. The number of hydrogen-bond donors (Lipinski definition) is 1. The van der Waals surface area contributed by atoms with Crippen molar-refractivity contribution in [2.24, 2.45) is 0 Å². The quantitative estimate of drug-likeness (QED) is 0.0441. The molecule has 1 unspecified atom stereocenters. The van der Waals surface area contributed by atoms with E-state index in [1.165, 1.54) is 33.6 Å². The Balaban J connectivity index is 1.51. The number of hydrogen-bond acceptors (Lipinski definition) is 9. The van der Waals surface area contributed by atoms with E-state index < -0.39 is 17.7 Å². The molecule has 43 heavy (non-hydrogen) atoms. The number of methoxy groups -OCH3 is 1. The summed E-state index contributed by atoms with van der Waals surface area (Å²) in [5.74, 6) is 0.0613. The number of anilines is 1. The summed E-state index contributed by atoms with van der Waals surface area (Å²) in [5, 5.41) is 20.4. The van der Waals surface area contributed by atoms with E-state index in [9.17, 15) is 14.7 Å². The second-order valence-electron chi connectivity index (χ2n) is 10.2. The van der Waals surface area contributed by atoms with E-state index in [4.69, 9.17) is 9.47 Å². The first-order chi connectivity index (χ1) is 20.9. The molecule has 1 aliphatic rings. The average molecular weight is 616 g/mol. The van der Waals surface area contributed by atoms with E-state index in [0.29, 0.717) is 39.3 Å². The van der Waals surface area contributed by atoms with Crippen LogP contribution >= 0.6 is 23.1 Å². The summed E-state index contributed by atoms with van der Waals surface area (Å²) in [6.07, 6.45) is 3.06. The minimum atomic E-state index is -0.927. The number of Topliss-reactive ketones (excluding diaryl/α,β-unsaturated/α-hetero) is 1. The molecule has 1 aromatic heterocycles. The number of amides is 1. The van der Waals surface area contributed by atoms with E-state index in [-0.39, 0.29) is 16.5 Å². The number of rotatable bonds is 12. The predicted molar refractivity (Wildman–Crippen MR) is 170 cm³/mol. The topological polar surface area (TPSA) is 102 Å². The summed E-state index contributed by atoms with van der Waals surface area (Å²) in [7, 11) is 1.55. The van der Waals surface area contributed by atoms with Gasteiger partial charge in [0.05, 0.1) is 25.3 Å². The maximum Gasteiger partial charge on any atom is 0.301 e. The number of thioether (sulfide) groups is 1. The van der Waals surface area contributed by atoms with E-state index in [2.05, 4.69) is 41.4 Å². The number of carbonyl (C=O) groups excluding carboxylic acids is 2. The Kier molecular flexibility index (Phi) is 9.79. The van der Waals surface area contributed by atoms with Gasteiger partial charge in [0.1, 0.15) is 17.3 Å². The van der Waals surface area contributed by atoms with Crippen LogP contribution in [0.25, 0.3) is 5.76 Å². The molecule has 1 aliphatic heterocycles. The van der Waals surface area contributed by atoms with Gasteiger partial charge in [-0.1, -0.05) is 84.8 Å². The van der Waals surface area contributed by atoms with Crippen molar-refractivity contribution < 1.29 is 24.2 Å². The Morgan fingerprint density at radius 2 is 1.77 bits per heavy atom. The van der Waals surface area contributed by atoms with Crippen LogP contribution in [0, 0.1) is 6.92 Å². The standard InChI is InChI=1S/C33H33N3O5S2/c1-4-5-6-18-41-26-9-7-8-24(19-26)28-27(29(37)23-14-16-25(40-3)17-15-23)30(38)31(39)36(28)32-34-35-33(43-32)42-20-22-12-10-21(2)11-13-22/h7-17,19,28,37H,4-6,18,20H2,1-3H3. The summed E-state index contributed by atoms with van der Waals surface area (Å²) < 4.78 is 11.9. The first-order valence-corrected chi connectivity index (χ1v) is 15.9. The number of benzene rings is 3. The Morgan fingerprint density at radius 1 is 1.00 bits per heavy atom. The van der Waals surface area contributed by atoms with Crippen LogP contribution in [0.15, 0.2) is 82.7 Å². The fourth-order valence-corrected chi connectivity index (χ4v) is 6.58. The smallest absolute Gasteiger partial charge is 0.301 e. The number of aromatic nitrogens is 2. The maximum absolute atomic E-state index is 13.6. The molecule has 5 rings (SSSR count). The molecule has 4 aromatic rings. The lowest BCUT2D eigenvalue weighted by Crippen LogP contribution is -2.29. The van der Waals surface area contributed by atoms with Crippen molar-refractivity contribution in [2.45, 2.75) is 49.2 Å². The van der Waals surface area contributed by atoms with Gasteiger partial charge in [0.25, 0.3) is 5.78 Å². The predicted octanol–water partition coefficient (Wildman–Crippen LogP) is 7.34. The number of unbranched alkanes of at least 4 members (excludes halogenated alkanes) is 2. The van der Waals surface area contributed by atoms with Crippen LogP contribution < -0.4 is 14.4 Å². The van der Waals surface area contributed by atoms with Gasteiger partial charge >= 0.3 is 5.91 Å². The highest BCUT2D eigenvalue weighted by Gasteiger charge is 2.48. The summed E-state index contributed by atoms with van der Waals surface area (Å²) in [6.45, 7) is 4.73. The van der Waals surface area contributed by atoms with Crippen molar-refractivity contribution in [3.8, 4) is 11.5 Å². The lowest BCUT2D eigenvalue weighted by Gasteiger charge is -2.23. The third kappa shape index (κ3) is 6.92. The Morgan fingerprint density at radius 3 is 2.49 bits per heavy atom. The normalized spacial score (nSPS) is 16.1. The minimum Gasteiger partial charge on any atom is -0.507 e. The first-order valence-electron chi connectivity index (χ1n) is 14.1. The zero-order valence-corrected chi connectivity index (χ0v) is 25.9. The molecule has 0 spiro atoms. The molecular weight excluding hydrogens is 583 g/mol. The van der Waals surface area contributed by atoms with Crippen LogP contribution in [0.3, 0.4) is 0 Å². The molecule has 0 radical (unpaired) electrons. The molecular formula is C33H33N3O5S2. The van der Waals surface area contributed by atoms with E-state index >= 15 is 0 Å². The Hall–Kier alpha value is -4.15. The van der Waals surface area contributed by atoms with E-state index in [0.717, 1.165) is 24.8 Å². The molecule has 1 atom stereocenters. The largest absolute Gasteiger partial charge is 0.507 e. The van der Waals surface area contributed by atoms with Crippen LogP contribution in [-0.2, 0) is 15.3 Å². The van der Waals surface area contributed by atoms with Gasteiger partial charge in [-0.05, 0) is 60.9 Å². The number of aryl methyl sites for hydroxylation is 1. The molecule has 10 heteroatoms. The number of ketones is 1. The van der Waals surface area contributed by atoms with Gasteiger partial charge in [0, 0.05) is 11.3 Å². The second kappa shape index (κ2) is 13.9. The molecule has 1 N–H and O–H groups in total. The monoisotopic (exact) mass is 615 g/mol. The molecule has 222 valence electrons. The van der Waals surface area contributed by atoms with Crippen LogP contribution in [0.5, 0.6) is 11.5 Å². The van der Waals surface area contributed by atoms with Gasteiger partial charge in [0.2, 0.25) is 5.13 Å². The van der Waals surface area contributed by atoms with Gasteiger partial charge in [-0.15, -0.1) is 10.2 Å². The summed E-state index contributed by atoms with van der Waals surface area (Å²) in [4.78, 5) is 28.5. The van der Waals surface area contributed by atoms with Crippen molar-refractivity contribution in [3.63, 3.8) is 0 Å². The van der Waals surface area contributed by atoms with Crippen molar-refractivity contribution in [1.82, 2.24) is 10.2 Å². The first kappa shape index (κ1) is 30.3. The van der Waals surface area contributed by atoms with Crippen molar-refractivity contribution in [1.29, 1.82) is 0 Å². The molecule has 0 saturated carbocycles. The Labute approximate surface area is 259 Å². The lowest BCUT2D eigenvalue weighted by molar-refractivity contribution is -0.132. The number of carbonyl (C=O) groups is 2. The van der Waals surface area contributed by atoms with Crippen molar-refractivity contribution in [3.05, 3.63) is 101 Å². The molecule has 0 bridgehead atoms. The van der Waals surface area contributed by atoms with Crippen LogP contribution in [-0.4, -0.2) is 40.7 Å². The molecule has 1 fully saturated rings. The Bertz CT molecular complexity index is 1620. The molecule has 2 heterocycles. The number of aliphatic hydroxyl groups is 1. The van der Waals surface area contributed by atoms with Gasteiger partial charge in [0.15, 0.2) is 4.34 Å². The van der Waals surface area contributed by atoms with Crippen LogP contribution in [0.1, 0.15) is 54.5 Å². The number of ether oxygens (including phenoxy) is 2. The zero-order chi connectivity index (χ0) is 30.3.